The molecule has 0 aliphatic carbocycles. The molecule has 1 aromatic carbocycles. The van der Waals surface area contributed by atoms with Gasteiger partial charge in [-0.3, -0.25) is 0 Å². The lowest BCUT2D eigenvalue weighted by atomic mass is 10.2. The lowest BCUT2D eigenvalue weighted by molar-refractivity contribution is 0.838. The highest BCUT2D eigenvalue weighted by Crippen LogP contribution is 2.17. The second-order valence-electron chi connectivity index (χ2n) is 3.79. The largest absolute Gasteiger partial charge is 0.238 e. The summed E-state index contributed by atoms with van der Waals surface area (Å²) in [4.78, 5) is 0. The first-order valence-electron chi connectivity index (χ1n) is 5.20. The second-order valence-corrected chi connectivity index (χ2v) is 3.79. The van der Waals surface area contributed by atoms with Gasteiger partial charge < -0.3 is 0 Å². The Kier molecular flexibility index (Phi) is 2.74. The third-order valence-corrected chi connectivity index (χ3v) is 2.72. The number of rotatable bonds is 2. The van der Waals surface area contributed by atoms with Crippen LogP contribution >= 0.6 is 0 Å². The molecule has 1 heterocycles. The van der Waals surface area contributed by atoms with E-state index in [2.05, 4.69) is 24.2 Å². The number of hydrogen-bond donors (Lipinski definition) is 0. The van der Waals surface area contributed by atoms with Crippen molar-refractivity contribution < 1.29 is 0 Å². The molecule has 0 unspecified atom stereocenters. The lowest BCUT2D eigenvalue weighted by Gasteiger charge is -2.07. The minimum absolute atomic E-state index is 0.414. The monoisotopic (exact) mass is 211 g/mol. The summed E-state index contributed by atoms with van der Waals surface area (Å²) in [5, 5.41) is 13.0. The smallest absolute Gasteiger partial charge is 0.0677 e. The molecule has 0 N–H and O–H groups in total. The Morgan fingerprint density at radius 3 is 2.75 bits per heavy atom. The van der Waals surface area contributed by atoms with Gasteiger partial charge in [0.25, 0.3) is 0 Å². The van der Waals surface area contributed by atoms with E-state index in [4.69, 9.17) is 5.26 Å². The predicted octanol–water partition coefficient (Wildman–Crippen LogP) is 2.56. The molecular weight excluding hydrogens is 198 g/mol. The van der Waals surface area contributed by atoms with Crippen molar-refractivity contribution in [1.82, 2.24) is 9.78 Å². The van der Waals surface area contributed by atoms with Gasteiger partial charge in [-0.1, -0.05) is 18.2 Å². The van der Waals surface area contributed by atoms with Crippen LogP contribution in [0.2, 0.25) is 0 Å². The summed E-state index contributed by atoms with van der Waals surface area (Å²) >= 11 is 0. The maximum atomic E-state index is 8.69. The van der Waals surface area contributed by atoms with Crippen molar-refractivity contribution in [1.29, 1.82) is 5.26 Å². The normalized spacial score (nSPS) is 10.1. The molecule has 2 rings (SSSR count). The summed E-state index contributed by atoms with van der Waals surface area (Å²) in [5.41, 5.74) is 4.28. The second kappa shape index (κ2) is 4.19. The molecule has 16 heavy (non-hydrogen) atoms. The van der Waals surface area contributed by atoms with Crippen molar-refractivity contribution in [2.45, 2.75) is 20.3 Å². The number of para-hydroxylation sites is 1. The molecule has 3 heteroatoms. The van der Waals surface area contributed by atoms with Crippen LogP contribution in [0.3, 0.4) is 0 Å². The van der Waals surface area contributed by atoms with Gasteiger partial charge in [0.1, 0.15) is 0 Å². The van der Waals surface area contributed by atoms with Crippen LogP contribution < -0.4 is 0 Å². The van der Waals surface area contributed by atoms with Crippen molar-refractivity contribution >= 4 is 0 Å². The molecule has 3 nitrogen and oxygen atoms in total. The maximum absolute atomic E-state index is 8.69. The Balaban J connectivity index is 2.50. The van der Waals surface area contributed by atoms with Gasteiger partial charge in [0, 0.05) is 11.3 Å². The molecule has 0 amide bonds. The van der Waals surface area contributed by atoms with E-state index in [1.807, 2.05) is 29.8 Å². The van der Waals surface area contributed by atoms with Crippen LogP contribution in [0, 0.1) is 25.2 Å². The van der Waals surface area contributed by atoms with E-state index in [0.29, 0.717) is 6.42 Å². The number of hydrogen-bond acceptors (Lipinski definition) is 2. The first-order valence-corrected chi connectivity index (χ1v) is 5.20. The fraction of sp³-hybridized carbons (Fsp3) is 0.231. The quantitative estimate of drug-likeness (QED) is 0.766. The summed E-state index contributed by atoms with van der Waals surface area (Å²) in [6.07, 6.45) is 2.18. The zero-order chi connectivity index (χ0) is 11.5. The molecule has 0 bridgehead atoms. The number of nitrogens with zero attached hydrogens (tertiary/aromatic N) is 3. The van der Waals surface area contributed by atoms with Crippen molar-refractivity contribution in [3.8, 4) is 11.8 Å². The van der Waals surface area contributed by atoms with Crippen LogP contribution in [0.5, 0.6) is 0 Å². The molecule has 0 aliphatic heterocycles. The third-order valence-electron chi connectivity index (χ3n) is 2.72. The molecule has 80 valence electrons. The molecule has 2 aromatic rings. The Hall–Kier alpha value is -2.08. The number of benzene rings is 1. The predicted molar refractivity (Wildman–Crippen MR) is 62.4 cm³/mol. The van der Waals surface area contributed by atoms with E-state index in [1.165, 1.54) is 5.56 Å². The van der Waals surface area contributed by atoms with Gasteiger partial charge in [-0.05, 0) is 25.5 Å². The molecule has 0 saturated carbocycles. The highest BCUT2D eigenvalue weighted by atomic mass is 15.3. The Labute approximate surface area is 94.9 Å². The van der Waals surface area contributed by atoms with Crippen LogP contribution in [0.15, 0.2) is 30.5 Å². The number of aromatic nitrogens is 2. The summed E-state index contributed by atoms with van der Waals surface area (Å²) in [6, 6.07) is 10.2. The van der Waals surface area contributed by atoms with E-state index < -0.39 is 0 Å². The average molecular weight is 211 g/mol. The van der Waals surface area contributed by atoms with Crippen LogP contribution in [0.4, 0.5) is 0 Å². The van der Waals surface area contributed by atoms with E-state index >= 15 is 0 Å². The molecule has 0 spiro atoms. The van der Waals surface area contributed by atoms with E-state index in [-0.39, 0.29) is 0 Å². The van der Waals surface area contributed by atoms with Crippen molar-refractivity contribution in [2.75, 3.05) is 0 Å². The van der Waals surface area contributed by atoms with Crippen LogP contribution in [-0.2, 0) is 6.42 Å². The zero-order valence-corrected chi connectivity index (χ0v) is 9.44. The molecule has 0 radical (unpaired) electrons. The van der Waals surface area contributed by atoms with Gasteiger partial charge >= 0.3 is 0 Å². The average Bonchev–Trinajstić information content (AvgIpc) is 2.62. The van der Waals surface area contributed by atoms with Gasteiger partial charge in [0.05, 0.1) is 24.4 Å². The number of nitriles is 1. The van der Waals surface area contributed by atoms with Crippen molar-refractivity contribution in [3.05, 3.63) is 47.3 Å². The molecule has 1 aromatic heterocycles. The molecule has 0 aliphatic rings. The SMILES string of the molecule is Cc1ccccc1-n1ncc(CC#N)c1C. The van der Waals surface area contributed by atoms with Crippen molar-refractivity contribution in [2.24, 2.45) is 0 Å². The first-order chi connectivity index (χ1) is 7.74. The fourth-order valence-electron chi connectivity index (χ4n) is 1.75. The summed E-state index contributed by atoms with van der Waals surface area (Å²) in [5.74, 6) is 0. The van der Waals surface area contributed by atoms with Crippen LogP contribution in [0.1, 0.15) is 16.8 Å². The highest BCUT2D eigenvalue weighted by molar-refractivity contribution is 5.41. The number of aryl methyl sites for hydroxylation is 1. The maximum Gasteiger partial charge on any atom is 0.0677 e. The topological polar surface area (TPSA) is 41.6 Å². The van der Waals surface area contributed by atoms with Gasteiger partial charge in [0.2, 0.25) is 0 Å². The highest BCUT2D eigenvalue weighted by Gasteiger charge is 2.08. The van der Waals surface area contributed by atoms with Crippen molar-refractivity contribution in [3.63, 3.8) is 0 Å². The lowest BCUT2D eigenvalue weighted by Crippen LogP contribution is -2.01. The van der Waals surface area contributed by atoms with Crippen LogP contribution in [-0.4, -0.2) is 9.78 Å². The Morgan fingerprint density at radius 1 is 1.31 bits per heavy atom. The minimum Gasteiger partial charge on any atom is -0.238 e. The van der Waals surface area contributed by atoms with Gasteiger partial charge in [0.15, 0.2) is 0 Å². The summed E-state index contributed by atoms with van der Waals surface area (Å²) in [6.45, 7) is 4.05. The first kappa shape index (κ1) is 10.4. The fourth-order valence-corrected chi connectivity index (χ4v) is 1.75. The van der Waals surface area contributed by atoms with Gasteiger partial charge in [-0.25, -0.2) is 4.68 Å². The van der Waals surface area contributed by atoms with E-state index in [0.717, 1.165) is 16.9 Å². The Morgan fingerprint density at radius 2 is 2.06 bits per heavy atom. The van der Waals surface area contributed by atoms with E-state index in [1.54, 1.807) is 6.20 Å². The minimum atomic E-state index is 0.414. The summed E-state index contributed by atoms with van der Waals surface area (Å²) < 4.78 is 1.89. The van der Waals surface area contributed by atoms with Gasteiger partial charge in [-0.2, -0.15) is 10.4 Å². The molecular formula is C13H13N3. The third kappa shape index (κ3) is 1.70. The molecule has 0 fully saturated rings. The zero-order valence-electron chi connectivity index (χ0n) is 9.44. The van der Waals surface area contributed by atoms with E-state index in [9.17, 15) is 0 Å². The van der Waals surface area contributed by atoms with Gasteiger partial charge in [-0.15, -0.1) is 0 Å². The molecule has 0 saturated heterocycles. The molecule has 0 atom stereocenters. The Bertz CT molecular complexity index is 547. The summed E-state index contributed by atoms with van der Waals surface area (Å²) in [7, 11) is 0. The standard InChI is InChI=1S/C13H13N3/c1-10-5-3-4-6-13(10)16-11(2)12(7-8-14)9-15-16/h3-6,9H,7H2,1-2H3. The van der Waals surface area contributed by atoms with Crippen LogP contribution in [0.25, 0.3) is 5.69 Å².